The molecule has 0 aliphatic heterocycles. The maximum atomic E-state index is 12.3. The summed E-state index contributed by atoms with van der Waals surface area (Å²) in [7, 11) is 1.31. The molecule has 0 fully saturated rings. The van der Waals surface area contributed by atoms with E-state index in [2.05, 4.69) is 41.9 Å². The molecule has 3 heterocycles. The normalized spacial score (nSPS) is 10.5. The van der Waals surface area contributed by atoms with Crippen LogP contribution < -0.4 is 21.0 Å². The minimum absolute atomic E-state index is 0.0473. The number of carbonyl (C=O) groups is 2. The minimum Gasteiger partial charge on any atom is -0.489 e. The molecule has 140 valence electrons. The summed E-state index contributed by atoms with van der Waals surface area (Å²) in [6, 6.07) is 2.89. The van der Waals surface area contributed by atoms with Gasteiger partial charge < -0.3 is 14.5 Å². The molecule has 0 aliphatic carbocycles. The number of rotatable bonds is 5. The van der Waals surface area contributed by atoms with Gasteiger partial charge in [0.05, 0.1) is 17.8 Å². The van der Waals surface area contributed by atoms with Crippen LogP contribution in [0.5, 0.6) is 5.75 Å². The van der Waals surface area contributed by atoms with Gasteiger partial charge in [0.25, 0.3) is 5.91 Å². The highest BCUT2D eigenvalue weighted by molar-refractivity contribution is 9.10. The van der Waals surface area contributed by atoms with Gasteiger partial charge >= 0.3 is 5.63 Å². The van der Waals surface area contributed by atoms with Gasteiger partial charge in [0.2, 0.25) is 21.9 Å². The van der Waals surface area contributed by atoms with Gasteiger partial charge in [0, 0.05) is 19.1 Å². The number of hydrogen-bond donors (Lipinski definition) is 2. The maximum Gasteiger partial charge on any atom is 0.380 e. The van der Waals surface area contributed by atoms with Crippen molar-refractivity contribution in [3.63, 3.8) is 0 Å². The van der Waals surface area contributed by atoms with Gasteiger partial charge in [-0.15, -0.1) is 10.2 Å². The average molecular weight is 455 g/mol. The standard InChI is InChI=1S/C14H11BrN6O5S/c1-6(22)17-9-3-4-16-21(9)14-20-19-13(27-14)18-11(23)8-5-7(15)10(25-2)12(24)26-8/h3-5H,1-2H3,(H,17,22)(H,18,19,23). The third-order valence-corrected chi connectivity index (χ3v) is 4.46. The number of halogens is 1. The highest BCUT2D eigenvalue weighted by Crippen LogP contribution is 2.24. The Morgan fingerprint density at radius 1 is 1.33 bits per heavy atom. The minimum atomic E-state index is -0.800. The Morgan fingerprint density at radius 2 is 2.11 bits per heavy atom. The molecule has 0 atom stereocenters. The van der Waals surface area contributed by atoms with Gasteiger partial charge in [-0.25, -0.2) is 4.79 Å². The van der Waals surface area contributed by atoms with Crippen molar-refractivity contribution in [1.29, 1.82) is 0 Å². The maximum absolute atomic E-state index is 12.3. The molecular weight excluding hydrogens is 444 g/mol. The third-order valence-electron chi connectivity index (χ3n) is 3.05. The first-order chi connectivity index (χ1) is 12.9. The topological polar surface area (TPSA) is 141 Å². The Bertz CT molecular complexity index is 1070. The zero-order chi connectivity index (χ0) is 19.6. The smallest absolute Gasteiger partial charge is 0.380 e. The lowest BCUT2D eigenvalue weighted by Gasteiger charge is -2.04. The lowest BCUT2D eigenvalue weighted by Crippen LogP contribution is -2.15. The van der Waals surface area contributed by atoms with Crippen LogP contribution in [-0.2, 0) is 4.79 Å². The van der Waals surface area contributed by atoms with E-state index in [0.717, 1.165) is 11.3 Å². The van der Waals surface area contributed by atoms with Crippen molar-refractivity contribution in [2.75, 3.05) is 17.7 Å². The van der Waals surface area contributed by atoms with Gasteiger partial charge in [-0.05, 0) is 15.9 Å². The number of aromatic nitrogens is 4. The lowest BCUT2D eigenvalue weighted by molar-refractivity contribution is -0.114. The van der Waals surface area contributed by atoms with Gasteiger partial charge in [0.15, 0.2) is 5.76 Å². The summed E-state index contributed by atoms with van der Waals surface area (Å²) in [6.07, 6.45) is 1.48. The molecule has 0 aromatic carbocycles. The first kappa shape index (κ1) is 18.7. The SMILES string of the molecule is COc1c(Br)cc(C(=O)Nc2nnc(-n3nccc3NC(C)=O)s2)oc1=O. The number of methoxy groups -OCH3 is 1. The fourth-order valence-electron chi connectivity index (χ4n) is 1.99. The van der Waals surface area contributed by atoms with Crippen molar-refractivity contribution in [3.05, 3.63) is 39.0 Å². The van der Waals surface area contributed by atoms with E-state index in [1.165, 1.54) is 31.0 Å². The number of nitrogens with one attached hydrogen (secondary N) is 2. The van der Waals surface area contributed by atoms with Crippen LogP contribution in [0.4, 0.5) is 10.9 Å². The van der Waals surface area contributed by atoms with Crippen LogP contribution in [0.2, 0.25) is 0 Å². The predicted octanol–water partition coefficient (Wildman–Crippen LogP) is 1.66. The van der Waals surface area contributed by atoms with Crippen LogP contribution in [0.1, 0.15) is 17.5 Å². The Kier molecular flexibility index (Phi) is 5.32. The molecule has 27 heavy (non-hydrogen) atoms. The van der Waals surface area contributed by atoms with Crippen molar-refractivity contribution in [3.8, 4) is 10.9 Å². The first-order valence-corrected chi connectivity index (χ1v) is 8.84. The van der Waals surface area contributed by atoms with E-state index in [-0.39, 0.29) is 27.0 Å². The zero-order valence-corrected chi connectivity index (χ0v) is 16.3. The van der Waals surface area contributed by atoms with E-state index in [1.54, 1.807) is 6.07 Å². The summed E-state index contributed by atoms with van der Waals surface area (Å²) in [6.45, 7) is 1.36. The van der Waals surface area contributed by atoms with Gasteiger partial charge in [-0.2, -0.15) is 9.78 Å². The number of ether oxygens (including phenoxy) is 1. The van der Waals surface area contributed by atoms with E-state index in [0.29, 0.717) is 10.9 Å². The van der Waals surface area contributed by atoms with E-state index in [9.17, 15) is 14.4 Å². The van der Waals surface area contributed by atoms with E-state index in [4.69, 9.17) is 9.15 Å². The van der Waals surface area contributed by atoms with Gasteiger partial charge in [-0.3, -0.25) is 14.9 Å². The number of hydrogen-bond acceptors (Lipinski definition) is 9. The summed E-state index contributed by atoms with van der Waals surface area (Å²) in [5.74, 6) is -0.839. The fraction of sp³-hybridized carbons (Fsp3) is 0.143. The molecule has 3 aromatic heterocycles. The Hall–Kier alpha value is -3.06. The summed E-state index contributed by atoms with van der Waals surface area (Å²) < 4.78 is 11.4. The second-order valence-electron chi connectivity index (χ2n) is 4.93. The molecule has 3 rings (SSSR count). The Morgan fingerprint density at radius 3 is 2.78 bits per heavy atom. The number of carbonyl (C=O) groups excluding carboxylic acids is 2. The predicted molar refractivity (Wildman–Crippen MR) is 98.5 cm³/mol. The summed E-state index contributed by atoms with van der Waals surface area (Å²) in [5.41, 5.74) is -0.800. The first-order valence-electron chi connectivity index (χ1n) is 7.23. The van der Waals surface area contributed by atoms with Crippen molar-refractivity contribution < 1.29 is 18.7 Å². The number of nitrogens with zero attached hydrogens (tertiary/aromatic N) is 4. The molecule has 0 unspecified atom stereocenters. The van der Waals surface area contributed by atoms with E-state index < -0.39 is 11.5 Å². The van der Waals surface area contributed by atoms with Crippen LogP contribution in [-0.4, -0.2) is 38.9 Å². The van der Waals surface area contributed by atoms with Crippen molar-refractivity contribution >= 4 is 50.0 Å². The quantitative estimate of drug-likeness (QED) is 0.592. The Labute approximate surface area is 163 Å². The largest absolute Gasteiger partial charge is 0.489 e. The molecule has 2 amide bonds. The van der Waals surface area contributed by atoms with Crippen molar-refractivity contribution in [2.45, 2.75) is 6.92 Å². The van der Waals surface area contributed by atoms with Crippen molar-refractivity contribution in [1.82, 2.24) is 20.0 Å². The van der Waals surface area contributed by atoms with Crippen LogP contribution in [0.25, 0.3) is 5.13 Å². The van der Waals surface area contributed by atoms with Crippen LogP contribution in [0.3, 0.4) is 0 Å². The molecule has 0 bridgehead atoms. The van der Waals surface area contributed by atoms with Gasteiger partial charge in [0.1, 0.15) is 5.82 Å². The zero-order valence-electron chi connectivity index (χ0n) is 13.8. The molecule has 2 N–H and O–H groups in total. The molecule has 0 saturated heterocycles. The summed E-state index contributed by atoms with van der Waals surface area (Å²) in [4.78, 5) is 35.3. The molecule has 3 aromatic rings. The number of amides is 2. The van der Waals surface area contributed by atoms with Crippen LogP contribution in [0, 0.1) is 0 Å². The van der Waals surface area contributed by atoms with E-state index >= 15 is 0 Å². The average Bonchev–Trinajstić information content (AvgIpc) is 3.23. The van der Waals surface area contributed by atoms with Gasteiger partial charge in [-0.1, -0.05) is 11.3 Å². The molecular formula is C14H11BrN6O5S. The highest BCUT2D eigenvalue weighted by atomic mass is 79.9. The second kappa shape index (κ2) is 7.67. The third kappa shape index (κ3) is 4.03. The van der Waals surface area contributed by atoms with Crippen LogP contribution >= 0.6 is 27.3 Å². The van der Waals surface area contributed by atoms with Crippen molar-refractivity contribution in [2.24, 2.45) is 0 Å². The fourth-order valence-corrected chi connectivity index (χ4v) is 3.23. The molecule has 11 nitrogen and oxygen atoms in total. The second-order valence-corrected chi connectivity index (χ2v) is 6.74. The van der Waals surface area contributed by atoms with Crippen LogP contribution in [0.15, 0.2) is 32.0 Å². The highest BCUT2D eigenvalue weighted by Gasteiger charge is 2.18. The molecule has 0 spiro atoms. The summed E-state index contributed by atoms with van der Waals surface area (Å²) >= 11 is 4.14. The molecule has 0 aliphatic rings. The number of anilines is 2. The molecule has 0 saturated carbocycles. The monoisotopic (exact) mass is 454 g/mol. The lowest BCUT2D eigenvalue weighted by atomic mass is 10.3. The molecule has 0 radical (unpaired) electrons. The molecule has 13 heteroatoms. The van der Waals surface area contributed by atoms with E-state index in [1.807, 2.05) is 0 Å². The summed E-state index contributed by atoms with van der Waals surface area (Å²) in [5, 5.41) is 17.3. The Balaban J connectivity index is 1.80.